The summed E-state index contributed by atoms with van der Waals surface area (Å²) in [5.74, 6) is 0. The van der Waals surface area contributed by atoms with E-state index in [9.17, 15) is 25.5 Å². The van der Waals surface area contributed by atoms with Gasteiger partial charge >= 0.3 is 18.6 Å². The summed E-state index contributed by atoms with van der Waals surface area (Å²) in [6.07, 6.45) is 3.88. The van der Waals surface area contributed by atoms with E-state index in [0.717, 1.165) is 0 Å². The third-order valence-corrected chi connectivity index (χ3v) is 5.86. The van der Waals surface area contributed by atoms with Crippen LogP contribution in [0.15, 0.2) is 0 Å². The molecule has 0 rings (SSSR count). The Kier molecular flexibility index (Phi) is 48.9. The molecule has 0 aliphatic carbocycles. The van der Waals surface area contributed by atoms with Crippen molar-refractivity contribution in [3.63, 3.8) is 0 Å². The second kappa shape index (κ2) is 34.6. The van der Waals surface area contributed by atoms with Gasteiger partial charge in [0.15, 0.2) is 19.0 Å². The van der Waals surface area contributed by atoms with Gasteiger partial charge in [0.2, 0.25) is 0 Å². The molecule has 0 spiro atoms. The molecular formula is C20H30Cl15O5V. The monoisotopic (exact) mass is 926 g/mol. The van der Waals surface area contributed by atoms with Crippen molar-refractivity contribution in [2.75, 3.05) is 33.0 Å². The Bertz CT molecular complexity index is 405. The Balaban J connectivity index is -0.0000000928. The van der Waals surface area contributed by atoms with Gasteiger partial charge in [0.25, 0.3) is 0 Å². The second-order valence-electron chi connectivity index (χ2n) is 7.11. The Morgan fingerprint density at radius 2 is 0.366 bits per heavy atom. The molecule has 0 heterocycles. The summed E-state index contributed by atoms with van der Waals surface area (Å²) >= 11 is 79.6. The van der Waals surface area contributed by atoms with Crippen LogP contribution in [0.5, 0.6) is 0 Å². The number of hydrogen-bond acceptors (Lipinski definition) is 5. The van der Waals surface area contributed by atoms with Gasteiger partial charge in [-0.3, -0.25) is 0 Å². The molecular weight excluding hydrogens is 903 g/mol. The van der Waals surface area contributed by atoms with Crippen LogP contribution in [-0.2, 0) is 18.6 Å². The fourth-order valence-corrected chi connectivity index (χ4v) is 3.37. The van der Waals surface area contributed by atoms with E-state index in [4.69, 9.17) is 174 Å². The summed E-state index contributed by atoms with van der Waals surface area (Å²) in [5, 5.41) is 49.0. The van der Waals surface area contributed by atoms with E-state index in [2.05, 4.69) is 0 Å². The topological polar surface area (TPSA) is 115 Å². The minimum absolute atomic E-state index is 0. The Morgan fingerprint density at radius 1 is 0.268 bits per heavy atom. The summed E-state index contributed by atoms with van der Waals surface area (Å²) in [6.45, 7) is -0.864. The van der Waals surface area contributed by atoms with Gasteiger partial charge < -0.3 is 25.5 Å². The van der Waals surface area contributed by atoms with Gasteiger partial charge in [-0.1, -0.05) is 206 Å². The van der Waals surface area contributed by atoms with Crippen molar-refractivity contribution >= 4 is 174 Å². The Labute approximate surface area is 330 Å². The molecule has 250 valence electrons. The number of halogens is 15. The van der Waals surface area contributed by atoms with Gasteiger partial charge in [0.05, 0.1) is 0 Å². The third kappa shape index (κ3) is 92.4. The first-order valence-electron chi connectivity index (χ1n) is 11.0. The predicted octanol–water partition coefficient (Wildman–Crippen LogP) is 7.48. The van der Waals surface area contributed by atoms with Crippen LogP contribution in [-0.4, -0.2) is 52.0 Å². The quantitative estimate of drug-likeness (QED) is 0.211. The van der Waals surface area contributed by atoms with E-state index in [1.165, 1.54) is 0 Å². The van der Waals surface area contributed by atoms with Gasteiger partial charge in [-0.15, -0.1) is 33.0 Å². The van der Waals surface area contributed by atoms with E-state index in [-0.39, 0.29) is 51.6 Å². The fraction of sp³-hybridized carbons (Fsp3) is 1.00. The standard InChI is InChI=1S/5C4H6Cl3O.V/c5*5-4(6,7)2-1-3-8;/h5*1-3H2;/q5*-1;+5. The van der Waals surface area contributed by atoms with E-state index in [0.29, 0.717) is 64.2 Å². The molecule has 0 aromatic carbocycles. The number of rotatable bonds is 10. The molecule has 0 aliphatic rings. The molecule has 0 bridgehead atoms. The number of hydrogen-bond donors (Lipinski definition) is 0. The molecule has 0 unspecified atom stereocenters. The predicted molar refractivity (Wildman–Crippen MR) is 172 cm³/mol. The first kappa shape index (κ1) is 58.0. The third-order valence-electron chi connectivity index (χ3n) is 3.02. The maximum Gasteiger partial charge on any atom is 5.00 e. The van der Waals surface area contributed by atoms with Crippen molar-refractivity contribution in [1.82, 2.24) is 0 Å². The van der Waals surface area contributed by atoms with Crippen LogP contribution in [0.3, 0.4) is 0 Å². The molecule has 0 saturated carbocycles. The van der Waals surface area contributed by atoms with Gasteiger partial charge in [0, 0.05) is 0 Å². The Morgan fingerprint density at radius 3 is 0.390 bits per heavy atom. The zero-order valence-corrected chi connectivity index (χ0v) is 34.0. The van der Waals surface area contributed by atoms with Crippen molar-refractivity contribution in [1.29, 1.82) is 0 Å². The van der Waals surface area contributed by atoms with E-state index in [1.54, 1.807) is 0 Å². The maximum absolute atomic E-state index is 9.80. The van der Waals surface area contributed by atoms with Crippen LogP contribution in [0.1, 0.15) is 64.2 Å². The first-order chi connectivity index (χ1) is 17.8. The van der Waals surface area contributed by atoms with Crippen LogP contribution in [0.2, 0.25) is 0 Å². The van der Waals surface area contributed by atoms with Crippen LogP contribution in [0.25, 0.3) is 0 Å². The van der Waals surface area contributed by atoms with Crippen molar-refractivity contribution in [3.8, 4) is 0 Å². The molecule has 21 heteroatoms. The molecule has 0 aliphatic heterocycles. The van der Waals surface area contributed by atoms with Crippen molar-refractivity contribution in [3.05, 3.63) is 0 Å². The normalized spacial score (nSPS) is 11.7. The SMILES string of the molecule is [O-]CCCC(Cl)(Cl)Cl.[O-]CCCC(Cl)(Cl)Cl.[O-]CCCC(Cl)(Cl)Cl.[O-]CCCC(Cl)(Cl)Cl.[O-]CCCC(Cl)(Cl)Cl.[V+5]. The van der Waals surface area contributed by atoms with Crippen molar-refractivity contribution in [2.24, 2.45) is 0 Å². The largest absolute Gasteiger partial charge is 5.00 e. The van der Waals surface area contributed by atoms with E-state index >= 15 is 0 Å². The molecule has 41 heavy (non-hydrogen) atoms. The molecule has 5 nitrogen and oxygen atoms in total. The molecule has 0 atom stereocenters. The van der Waals surface area contributed by atoms with Crippen molar-refractivity contribution < 1.29 is 44.1 Å². The zero-order chi connectivity index (χ0) is 33.1. The average molecular weight is 933 g/mol. The average Bonchev–Trinajstić information content (AvgIpc) is 2.76. The van der Waals surface area contributed by atoms with E-state index in [1.807, 2.05) is 0 Å². The first-order valence-corrected chi connectivity index (χ1v) is 16.7. The van der Waals surface area contributed by atoms with Gasteiger partial charge in [0.1, 0.15) is 0 Å². The maximum atomic E-state index is 9.80. The molecule has 0 amide bonds. The fourth-order valence-electron chi connectivity index (χ4n) is 1.36. The van der Waals surface area contributed by atoms with Crippen molar-refractivity contribution in [2.45, 2.75) is 83.2 Å². The molecule has 0 radical (unpaired) electrons. The van der Waals surface area contributed by atoms with Crippen LogP contribution in [0, 0.1) is 0 Å². The minimum atomic E-state index is -1.23. The zero-order valence-electron chi connectivity index (χ0n) is 21.3. The second-order valence-corrected chi connectivity index (χ2v) is 19.7. The van der Waals surface area contributed by atoms with Gasteiger partial charge in [-0.2, -0.15) is 0 Å². The molecule has 0 saturated heterocycles. The summed E-state index contributed by atoms with van der Waals surface area (Å²) < 4.78 is -6.16. The summed E-state index contributed by atoms with van der Waals surface area (Å²) in [6, 6.07) is 0. The molecule has 0 N–H and O–H groups in total. The smallest absolute Gasteiger partial charge is 0.854 e. The summed E-state index contributed by atoms with van der Waals surface area (Å²) in [7, 11) is 0. The summed E-state index contributed by atoms with van der Waals surface area (Å²) in [5.41, 5.74) is 0. The summed E-state index contributed by atoms with van der Waals surface area (Å²) in [4.78, 5) is 0. The van der Waals surface area contributed by atoms with E-state index < -0.39 is 19.0 Å². The molecule has 0 fully saturated rings. The molecule has 0 aromatic rings. The van der Waals surface area contributed by atoms with Crippen LogP contribution in [0.4, 0.5) is 0 Å². The van der Waals surface area contributed by atoms with Crippen LogP contribution >= 0.6 is 174 Å². The molecule has 0 aromatic heterocycles. The van der Waals surface area contributed by atoms with Gasteiger partial charge in [-0.05, 0) is 32.1 Å². The minimum Gasteiger partial charge on any atom is -0.854 e. The van der Waals surface area contributed by atoms with Gasteiger partial charge in [-0.25, -0.2) is 0 Å². The van der Waals surface area contributed by atoms with Crippen LogP contribution < -0.4 is 25.5 Å². The Hall–Kier alpha value is 4.73. The number of alkyl halides is 15.